The molecule has 8 heteroatoms. The molecule has 2 fully saturated rings. The van der Waals surface area contributed by atoms with Crippen molar-refractivity contribution in [1.82, 2.24) is 10.2 Å². The average Bonchev–Trinajstić information content (AvgIpc) is 3.34. The van der Waals surface area contributed by atoms with Crippen LogP contribution in [0.25, 0.3) is 0 Å². The molecule has 2 saturated heterocycles. The monoisotopic (exact) mass is 497 g/mol. The first-order chi connectivity index (χ1) is 15.3. The molecule has 0 bridgehead atoms. The van der Waals surface area contributed by atoms with Gasteiger partial charge in [0.1, 0.15) is 11.3 Å². The standard InChI is InChI=1S/C24H24BrN3O4/c1-3-12(2)28-21(30)19-18(10-13-4-7-15(29)8-5-13)27-24(20(19)22(28)31)16-11-14(25)6-9-17(16)26-23(24)32/h4-9,11-12,18-20,27,29H,3,10H2,1-2H3,(H,26,32)/t12-,18-,19-,20+,24+/m1/s1. The van der Waals surface area contributed by atoms with Gasteiger partial charge >= 0.3 is 0 Å². The Labute approximate surface area is 194 Å². The minimum Gasteiger partial charge on any atom is -0.508 e. The number of carbonyl (C=O) groups is 3. The van der Waals surface area contributed by atoms with Gasteiger partial charge in [-0.2, -0.15) is 0 Å². The third kappa shape index (κ3) is 2.85. The average molecular weight is 498 g/mol. The minimum atomic E-state index is -1.31. The van der Waals surface area contributed by atoms with Crippen molar-refractivity contribution in [2.45, 2.75) is 44.3 Å². The van der Waals surface area contributed by atoms with E-state index in [1.165, 1.54) is 4.90 Å². The zero-order valence-electron chi connectivity index (χ0n) is 17.8. The first-order valence-corrected chi connectivity index (χ1v) is 11.6. The Balaban J connectivity index is 1.64. The Kier molecular flexibility index (Phi) is 4.90. The summed E-state index contributed by atoms with van der Waals surface area (Å²) in [6.07, 6.45) is 1.10. The SMILES string of the molecule is CC[C@@H](C)N1C(=O)[C@H]2[C@@H](C1=O)[C@]1(N[C@@H]2Cc2ccc(O)cc2)C(=O)Nc2ccc(Br)cc21. The van der Waals surface area contributed by atoms with E-state index < -0.39 is 23.4 Å². The van der Waals surface area contributed by atoms with E-state index in [1.54, 1.807) is 24.3 Å². The Bertz CT molecular complexity index is 1130. The molecule has 0 saturated carbocycles. The molecule has 5 atom stereocenters. The normalized spacial score (nSPS) is 29.4. The van der Waals surface area contributed by atoms with Gasteiger partial charge in [0.05, 0.1) is 11.8 Å². The summed E-state index contributed by atoms with van der Waals surface area (Å²) in [5.74, 6) is -2.13. The molecule has 1 spiro atoms. The number of halogens is 1. The fraction of sp³-hybridized carbons (Fsp3) is 0.375. The molecule has 3 aliphatic rings. The molecule has 0 aliphatic carbocycles. The van der Waals surface area contributed by atoms with Gasteiger partial charge in [0.2, 0.25) is 17.7 Å². The summed E-state index contributed by atoms with van der Waals surface area (Å²) in [4.78, 5) is 42.1. The molecule has 5 rings (SSSR count). The maximum Gasteiger partial charge on any atom is 0.250 e. The van der Waals surface area contributed by atoms with Crippen molar-refractivity contribution in [3.05, 3.63) is 58.1 Å². The highest BCUT2D eigenvalue weighted by Gasteiger charge is 2.70. The van der Waals surface area contributed by atoms with Crippen LogP contribution in [0.15, 0.2) is 46.9 Å². The fourth-order valence-electron chi connectivity index (χ4n) is 5.47. The van der Waals surface area contributed by atoms with Crippen LogP contribution in [0.2, 0.25) is 0 Å². The highest BCUT2D eigenvalue weighted by Crippen LogP contribution is 2.54. The lowest BCUT2D eigenvalue weighted by molar-refractivity contribution is -0.145. The molecule has 32 heavy (non-hydrogen) atoms. The number of nitrogens with one attached hydrogen (secondary N) is 2. The van der Waals surface area contributed by atoms with Crippen LogP contribution >= 0.6 is 15.9 Å². The Morgan fingerprint density at radius 1 is 1.12 bits per heavy atom. The molecule has 3 heterocycles. The number of hydrogen-bond acceptors (Lipinski definition) is 5. The van der Waals surface area contributed by atoms with Crippen LogP contribution in [-0.4, -0.2) is 39.8 Å². The number of phenolic OH excluding ortho intramolecular Hbond substituents is 1. The van der Waals surface area contributed by atoms with Crippen LogP contribution in [0, 0.1) is 11.8 Å². The highest BCUT2D eigenvalue weighted by atomic mass is 79.9. The van der Waals surface area contributed by atoms with Crippen LogP contribution in [0.4, 0.5) is 5.69 Å². The summed E-state index contributed by atoms with van der Waals surface area (Å²) in [6.45, 7) is 3.81. The maximum atomic E-state index is 13.7. The number of benzene rings is 2. The molecule has 3 aliphatic heterocycles. The number of nitrogens with zero attached hydrogens (tertiary/aromatic N) is 1. The van der Waals surface area contributed by atoms with Crippen molar-refractivity contribution in [3.63, 3.8) is 0 Å². The summed E-state index contributed by atoms with van der Waals surface area (Å²) < 4.78 is 0.794. The van der Waals surface area contributed by atoms with E-state index in [1.807, 2.05) is 32.0 Å². The summed E-state index contributed by atoms with van der Waals surface area (Å²) in [5, 5.41) is 16.0. The summed E-state index contributed by atoms with van der Waals surface area (Å²) in [7, 11) is 0. The van der Waals surface area contributed by atoms with Gasteiger partial charge in [0, 0.05) is 27.8 Å². The summed E-state index contributed by atoms with van der Waals surface area (Å²) in [6, 6.07) is 11.6. The van der Waals surface area contributed by atoms with Gasteiger partial charge in [-0.1, -0.05) is 35.0 Å². The number of aromatic hydroxyl groups is 1. The van der Waals surface area contributed by atoms with E-state index in [-0.39, 0.29) is 29.5 Å². The molecule has 0 radical (unpaired) electrons. The number of amides is 3. The molecule has 0 unspecified atom stereocenters. The second-order valence-electron chi connectivity index (χ2n) is 8.88. The van der Waals surface area contributed by atoms with E-state index in [0.717, 1.165) is 10.0 Å². The third-order valence-electron chi connectivity index (χ3n) is 7.13. The zero-order valence-corrected chi connectivity index (χ0v) is 19.3. The number of phenols is 1. The van der Waals surface area contributed by atoms with Crippen molar-refractivity contribution in [3.8, 4) is 5.75 Å². The Morgan fingerprint density at radius 3 is 2.53 bits per heavy atom. The number of fused-ring (bicyclic) bond motifs is 4. The van der Waals surface area contributed by atoms with Crippen LogP contribution in [0.3, 0.4) is 0 Å². The van der Waals surface area contributed by atoms with Crippen molar-refractivity contribution in [1.29, 1.82) is 0 Å². The smallest absolute Gasteiger partial charge is 0.250 e. The van der Waals surface area contributed by atoms with E-state index in [9.17, 15) is 19.5 Å². The molecular weight excluding hydrogens is 474 g/mol. The van der Waals surface area contributed by atoms with Gasteiger partial charge in [0.25, 0.3) is 0 Å². The van der Waals surface area contributed by atoms with Gasteiger partial charge in [-0.15, -0.1) is 0 Å². The van der Waals surface area contributed by atoms with Gasteiger partial charge in [-0.3, -0.25) is 24.6 Å². The third-order valence-corrected chi connectivity index (χ3v) is 7.63. The lowest BCUT2D eigenvalue weighted by atomic mass is 9.76. The molecular formula is C24H24BrN3O4. The lowest BCUT2D eigenvalue weighted by Crippen LogP contribution is -2.54. The minimum absolute atomic E-state index is 0.159. The summed E-state index contributed by atoms with van der Waals surface area (Å²) >= 11 is 3.48. The predicted octanol–water partition coefficient (Wildman–Crippen LogP) is 2.92. The maximum absolute atomic E-state index is 13.7. The zero-order chi connectivity index (χ0) is 22.8. The quantitative estimate of drug-likeness (QED) is 0.564. The Morgan fingerprint density at radius 2 is 1.84 bits per heavy atom. The molecule has 0 aromatic heterocycles. The van der Waals surface area contributed by atoms with E-state index in [2.05, 4.69) is 26.6 Å². The largest absolute Gasteiger partial charge is 0.508 e. The number of likely N-dealkylation sites (tertiary alicyclic amines) is 1. The molecule has 166 valence electrons. The second kappa shape index (κ2) is 7.42. The molecule has 3 amide bonds. The Hall–Kier alpha value is -2.71. The summed E-state index contributed by atoms with van der Waals surface area (Å²) in [5.41, 5.74) is 0.941. The van der Waals surface area contributed by atoms with Crippen molar-refractivity contribution in [2.24, 2.45) is 11.8 Å². The number of carbonyl (C=O) groups excluding carboxylic acids is 3. The van der Waals surface area contributed by atoms with Gasteiger partial charge < -0.3 is 10.4 Å². The van der Waals surface area contributed by atoms with Gasteiger partial charge in [0.15, 0.2) is 0 Å². The number of hydrogen-bond donors (Lipinski definition) is 3. The van der Waals surface area contributed by atoms with Crippen LogP contribution in [0.5, 0.6) is 5.75 Å². The number of anilines is 1. The van der Waals surface area contributed by atoms with Gasteiger partial charge in [-0.05, 0) is 55.7 Å². The highest BCUT2D eigenvalue weighted by molar-refractivity contribution is 9.10. The number of rotatable bonds is 4. The van der Waals surface area contributed by atoms with Crippen molar-refractivity contribution in [2.75, 3.05) is 5.32 Å². The van der Waals surface area contributed by atoms with Crippen LogP contribution in [0.1, 0.15) is 31.4 Å². The van der Waals surface area contributed by atoms with Crippen molar-refractivity contribution < 1.29 is 19.5 Å². The predicted molar refractivity (Wildman–Crippen MR) is 122 cm³/mol. The lowest BCUT2D eigenvalue weighted by Gasteiger charge is -2.31. The van der Waals surface area contributed by atoms with Crippen LogP contribution < -0.4 is 10.6 Å². The van der Waals surface area contributed by atoms with E-state index >= 15 is 0 Å². The first kappa shape index (κ1) is 21.2. The molecule has 2 aromatic rings. The number of imide groups is 1. The van der Waals surface area contributed by atoms with Gasteiger partial charge in [-0.25, -0.2) is 0 Å². The van der Waals surface area contributed by atoms with E-state index in [0.29, 0.717) is 24.1 Å². The fourth-order valence-corrected chi connectivity index (χ4v) is 5.84. The van der Waals surface area contributed by atoms with Crippen molar-refractivity contribution >= 4 is 39.3 Å². The molecule has 7 nitrogen and oxygen atoms in total. The topological polar surface area (TPSA) is 98.7 Å². The molecule has 2 aromatic carbocycles. The van der Waals surface area contributed by atoms with Crippen LogP contribution in [-0.2, 0) is 26.3 Å². The first-order valence-electron chi connectivity index (χ1n) is 10.8. The second-order valence-corrected chi connectivity index (χ2v) is 9.80. The van der Waals surface area contributed by atoms with E-state index in [4.69, 9.17) is 0 Å². The molecule has 3 N–H and O–H groups in total.